The minimum Gasteiger partial charge on any atom is -0.314 e. The molecule has 1 aromatic carbocycles. The molecule has 1 aliphatic heterocycles. The van der Waals surface area contributed by atoms with E-state index >= 15 is 0 Å². The molecule has 2 heteroatoms. The standard InChI is InChI=1S/C15H18N2/c1-2-7-15-12(5-1)8-9-14(17-15)11-13-6-3-4-10-16-13/h1-2,5,7-9,13,16H,3-4,6,10-11H2. The molecule has 1 atom stereocenters. The molecule has 17 heavy (non-hydrogen) atoms. The van der Waals surface area contributed by atoms with E-state index in [4.69, 9.17) is 4.98 Å². The Morgan fingerprint density at radius 3 is 2.94 bits per heavy atom. The van der Waals surface area contributed by atoms with Crippen LogP contribution in [0, 0.1) is 0 Å². The Labute approximate surface area is 102 Å². The number of rotatable bonds is 2. The van der Waals surface area contributed by atoms with Crippen molar-refractivity contribution in [2.75, 3.05) is 6.54 Å². The fourth-order valence-corrected chi connectivity index (χ4v) is 2.57. The summed E-state index contributed by atoms with van der Waals surface area (Å²) in [6, 6.07) is 13.3. The third-order valence-corrected chi connectivity index (χ3v) is 3.52. The van der Waals surface area contributed by atoms with Gasteiger partial charge in [0.2, 0.25) is 0 Å². The Hall–Kier alpha value is -1.41. The number of para-hydroxylation sites is 1. The maximum atomic E-state index is 4.73. The van der Waals surface area contributed by atoms with Crippen LogP contribution in [0.25, 0.3) is 10.9 Å². The van der Waals surface area contributed by atoms with Crippen molar-refractivity contribution in [3.05, 3.63) is 42.1 Å². The third kappa shape index (κ3) is 2.47. The lowest BCUT2D eigenvalue weighted by atomic mass is 10.00. The molecule has 0 spiro atoms. The quantitative estimate of drug-likeness (QED) is 0.851. The van der Waals surface area contributed by atoms with E-state index in [-0.39, 0.29) is 0 Å². The number of fused-ring (bicyclic) bond motifs is 1. The van der Waals surface area contributed by atoms with E-state index < -0.39 is 0 Å². The fraction of sp³-hybridized carbons (Fsp3) is 0.400. The normalized spacial score (nSPS) is 20.6. The highest BCUT2D eigenvalue weighted by Crippen LogP contribution is 2.15. The topological polar surface area (TPSA) is 24.9 Å². The van der Waals surface area contributed by atoms with Gasteiger partial charge in [-0.1, -0.05) is 30.7 Å². The van der Waals surface area contributed by atoms with Crippen LogP contribution in [0.4, 0.5) is 0 Å². The molecular weight excluding hydrogens is 208 g/mol. The summed E-state index contributed by atoms with van der Waals surface area (Å²) in [7, 11) is 0. The van der Waals surface area contributed by atoms with Crippen LogP contribution in [-0.2, 0) is 6.42 Å². The predicted octanol–water partition coefficient (Wildman–Crippen LogP) is 2.92. The molecule has 1 unspecified atom stereocenters. The minimum absolute atomic E-state index is 0.623. The van der Waals surface area contributed by atoms with Crippen molar-refractivity contribution >= 4 is 10.9 Å². The Bertz CT molecular complexity index is 501. The predicted molar refractivity (Wildman–Crippen MR) is 71.1 cm³/mol. The lowest BCUT2D eigenvalue weighted by Gasteiger charge is -2.23. The SMILES string of the molecule is c1ccc2nc(CC3CCCCN3)ccc2c1. The molecule has 2 aromatic rings. The van der Waals surface area contributed by atoms with Gasteiger partial charge in [0, 0.05) is 23.5 Å². The highest BCUT2D eigenvalue weighted by Gasteiger charge is 2.13. The highest BCUT2D eigenvalue weighted by atomic mass is 14.9. The third-order valence-electron chi connectivity index (χ3n) is 3.52. The first-order valence-electron chi connectivity index (χ1n) is 6.50. The van der Waals surface area contributed by atoms with Gasteiger partial charge in [0.05, 0.1) is 5.52 Å². The average molecular weight is 226 g/mol. The summed E-state index contributed by atoms with van der Waals surface area (Å²) >= 11 is 0. The minimum atomic E-state index is 0.623. The lowest BCUT2D eigenvalue weighted by Crippen LogP contribution is -2.35. The molecule has 0 saturated carbocycles. The van der Waals surface area contributed by atoms with Crippen molar-refractivity contribution < 1.29 is 0 Å². The number of aromatic nitrogens is 1. The number of hydrogen-bond donors (Lipinski definition) is 1. The lowest BCUT2D eigenvalue weighted by molar-refractivity contribution is 0.397. The molecule has 1 N–H and O–H groups in total. The second-order valence-electron chi connectivity index (χ2n) is 4.85. The van der Waals surface area contributed by atoms with Crippen molar-refractivity contribution in [3.8, 4) is 0 Å². The molecular formula is C15H18N2. The summed E-state index contributed by atoms with van der Waals surface area (Å²) in [6.07, 6.45) is 5.02. The van der Waals surface area contributed by atoms with Gasteiger partial charge in [0.25, 0.3) is 0 Å². The van der Waals surface area contributed by atoms with Crippen LogP contribution in [0.1, 0.15) is 25.0 Å². The van der Waals surface area contributed by atoms with Gasteiger partial charge in [-0.2, -0.15) is 0 Å². The Balaban J connectivity index is 1.80. The summed E-state index contributed by atoms with van der Waals surface area (Å²) in [5, 5.41) is 4.81. The van der Waals surface area contributed by atoms with E-state index in [0.29, 0.717) is 6.04 Å². The van der Waals surface area contributed by atoms with Gasteiger partial charge in [0.1, 0.15) is 0 Å². The van der Waals surface area contributed by atoms with Gasteiger partial charge in [-0.25, -0.2) is 0 Å². The molecule has 3 rings (SSSR count). The first-order chi connectivity index (χ1) is 8.42. The Kier molecular flexibility index (Phi) is 3.06. The largest absolute Gasteiger partial charge is 0.314 e. The average Bonchev–Trinajstić information content (AvgIpc) is 2.40. The second kappa shape index (κ2) is 4.84. The van der Waals surface area contributed by atoms with Crippen LogP contribution in [0.3, 0.4) is 0 Å². The van der Waals surface area contributed by atoms with Crippen molar-refractivity contribution in [1.29, 1.82) is 0 Å². The van der Waals surface area contributed by atoms with Crippen molar-refractivity contribution in [3.63, 3.8) is 0 Å². The molecule has 1 fully saturated rings. The summed E-state index contributed by atoms with van der Waals surface area (Å²) in [5.41, 5.74) is 2.32. The second-order valence-corrected chi connectivity index (χ2v) is 4.85. The van der Waals surface area contributed by atoms with Gasteiger partial charge >= 0.3 is 0 Å². The van der Waals surface area contributed by atoms with Crippen molar-refractivity contribution in [1.82, 2.24) is 10.3 Å². The van der Waals surface area contributed by atoms with Crippen molar-refractivity contribution in [2.24, 2.45) is 0 Å². The molecule has 88 valence electrons. The van der Waals surface area contributed by atoms with E-state index in [0.717, 1.165) is 18.5 Å². The number of hydrogen-bond acceptors (Lipinski definition) is 2. The van der Waals surface area contributed by atoms with E-state index in [1.807, 2.05) is 0 Å². The van der Waals surface area contributed by atoms with Crippen LogP contribution < -0.4 is 5.32 Å². The molecule has 0 bridgehead atoms. The summed E-state index contributed by atoms with van der Waals surface area (Å²) < 4.78 is 0. The first-order valence-corrected chi connectivity index (χ1v) is 6.50. The summed E-state index contributed by atoms with van der Waals surface area (Å²) in [6.45, 7) is 1.16. The van der Waals surface area contributed by atoms with E-state index in [1.165, 1.54) is 30.3 Å². The highest BCUT2D eigenvalue weighted by molar-refractivity contribution is 5.78. The maximum Gasteiger partial charge on any atom is 0.0705 e. The zero-order chi connectivity index (χ0) is 11.5. The molecule has 1 aliphatic rings. The van der Waals surface area contributed by atoms with E-state index in [9.17, 15) is 0 Å². The fourth-order valence-electron chi connectivity index (χ4n) is 2.57. The van der Waals surface area contributed by atoms with Gasteiger partial charge < -0.3 is 5.32 Å². The summed E-state index contributed by atoms with van der Waals surface area (Å²) in [5.74, 6) is 0. The van der Waals surface area contributed by atoms with E-state index in [2.05, 4.69) is 41.7 Å². The van der Waals surface area contributed by atoms with Gasteiger partial charge in [-0.05, 0) is 31.5 Å². The van der Waals surface area contributed by atoms with E-state index in [1.54, 1.807) is 0 Å². The van der Waals surface area contributed by atoms with Crippen molar-refractivity contribution in [2.45, 2.75) is 31.7 Å². The molecule has 0 radical (unpaired) electrons. The zero-order valence-electron chi connectivity index (χ0n) is 10.0. The van der Waals surface area contributed by atoms with Gasteiger partial charge in [-0.3, -0.25) is 4.98 Å². The van der Waals surface area contributed by atoms with Crippen LogP contribution >= 0.6 is 0 Å². The molecule has 2 nitrogen and oxygen atoms in total. The zero-order valence-corrected chi connectivity index (χ0v) is 10.0. The molecule has 1 aromatic heterocycles. The van der Waals surface area contributed by atoms with Crippen LogP contribution in [0.15, 0.2) is 36.4 Å². The molecule has 1 saturated heterocycles. The number of piperidine rings is 1. The van der Waals surface area contributed by atoms with Gasteiger partial charge in [0.15, 0.2) is 0 Å². The molecule has 2 heterocycles. The number of pyridine rings is 1. The van der Waals surface area contributed by atoms with Gasteiger partial charge in [-0.15, -0.1) is 0 Å². The number of benzene rings is 1. The molecule has 0 aliphatic carbocycles. The number of nitrogens with one attached hydrogen (secondary N) is 1. The summed E-state index contributed by atoms with van der Waals surface area (Å²) in [4.78, 5) is 4.73. The Morgan fingerprint density at radius 1 is 1.12 bits per heavy atom. The maximum absolute atomic E-state index is 4.73. The van der Waals surface area contributed by atoms with Crippen LogP contribution in [-0.4, -0.2) is 17.6 Å². The first kappa shape index (κ1) is 10.7. The Morgan fingerprint density at radius 2 is 2.06 bits per heavy atom. The van der Waals surface area contributed by atoms with Crippen LogP contribution in [0.2, 0.25) is 0 Å². The monoisotopic (exact) mass is 226 g/mol. The van der Waals surface area contributed by atoms with Crippen LogP contribution in [0.5, 0.6) is 0 Å². The molecule has 0 amide bonds. The number of nitrogens with zero attached hydrogens (tertiary/aromatic N) is 1. The smallest absolute Gasteiger partial charge is 0.0705 e.